The maximum atomic E-state index is 12.7. The van der Waals surface area contributed by atoms with Gasteiger partial charge < -0.3 is 0 Å². The molecule has 2 amide bonds. The second-order valence-corrected chi connectivity index (χ2v) is 6.69. The molecule has 0 unspecified atom stereocenters. The number of carbonyl (C=O) groups excluding carboxylic acids is 2. The average molecular weight is 290 g/mol. The van der Waals surface area contributed by atoms with E-state index in [4.69, 9.17) is 11.6 Å². The molecule has 1 aromatic carbocycles. The fourth-order valence-electron chi connectivity index (χ4n) is 4.48. The van der Waals surface area contributed by atoms with E-state index in [1.807, 2.05) is 13.0 Å². The third kappa shape index (κ3) is 1.42. The van der Waals surface area contributed by atoms with E-state index in [1.54, 1.807) is 12.1 Å². The number of imide groups is 1. The van der Waals surface area contributed by atoms with Crippen molar-refractivity contribution in [3.8, 4) is 0 Å². The third-order valence-electron chi connectivity index (χ3n) is 5.41. The molecule has 20 heavy (non-hydrogen) atoms. The van der Waals surface area contributed by atoms with Gasteiger partial charge >= 0.3 is 0 Å². The summed E-state index contributed by atoms with van der Waals surface area (Å²) in [5, 5.41) is 0.600. The van der Waals surface area contributed by atoms with Crippen LogP contribution in [0.2, 0.25) is 5.02 Å². The van der Waals surface area contributed by atoms with Crippen molar-refractivity contribution in [1.29, 1.82) is 0 Å². The molecule has 3 nitrogen and oxygen atoms in total. The van der Waals surface area contributed by atoms with Crippen LogP contribution in [0.4, 0.5) is 5.69 Å². The Kier molecular flexibility index (Phi) is 2.53. The van der Waals surface area contributed by atoms with Gasteiger partial charge in [0.25, 0.3) is 0 Å². The van der Waals surface area contributed by atoms with Gasteiger partial charge in [0.05, 0.1) is 17.5 Å². The van der Waals surface area contributed by atoms with E-state index in [-0.39, 0.29) is 23.7 Å². The first kappa shape index (κ1) is 12.4. The van der Waals surface area contributed by atoms with Gasteiger partial charge in [-0.1, -0.05) is 17.7 Å². The first-order chi connectivity index (χ1) is 9.59. The molecule has 1 aromatic rings. The van der Waals surface area contributed by atoms with Gasteiger partial charge in [-0.25, -0.2) is 4.90 Å². The second kappa shape index (κ2) is 4.08. The molecule has 0 radical (unpaired) electrons. The number of hydrogen-bond acceptors (Lipinski definition) is 2. The summed E-state index contributed by atoms with van der Waals surface area (Å²) in [7, 11) is 0. The zero-order chi connectivity index (χ0) is 14.0. The first-order valence-corrected chi connectivity index (χ1v) is 7.60. The molecule has 4 heteroatoms. The van der Waals surface area contributed by atoms with Crippen molar-refractivity contribution in [2.24, 2.45) is 23.7 Å². The Morgan fingerprint density at radius 2 is 1.70 bits per heavy atom. The summed E-state index contributed by atoms with van der Waals surface area (Å²) in [6.07, 6.45) is 3.27. The highest BCUT2D eigenvalue weighted by Crippen LogP contribution is 2.56. The summed E-state index contributed by atoms with van der Waals surface area (Å²) in [6, 6.07) is 5.41. The lowest BCUT2D eigenvalue weighted by Crippen LogP contribution is -2.33. The Morgan fingerprint density at radius 1 is 1.10 bits per heavy atom. The minimum absolute atomic E-state index is 0.00225. The molecule has 0 aromatic heterocycles. The minimum atomic E-state index is -0.0698. The minimum Gasteiger partial charge on any atom is -0.274 e. The zero-order valence-electron chi connectivity index (χ0n) is 11.3. The fraction of sp³-hybridized carbons (Fsp3) is 0.500. The molecular weight excluding hydrogens is 274 g/mol. The topological polar surface area (TPSA) is 37.4 Å². The molecule has 0 N–H and O–H groups in total. The van der Waals surface area contributed by atoms with E-state index in [2.05, 4.69) is 0 Å². The number of benzene rings is 1. The standard InChI is InChI=1S/C16H16ClNO2/c1-8-11(17)3-2-4-12(8)18-15(19)13-9-5-6-10(7-9)14(13)16(18)20/h2-4,9-10,13-14H,5-7H2,1H3/t9-,10-,13-,14+/m0/s1. The van der Waals surface area contributed by atoms with Crippen LogP contribution >= 0.6 is 11.6 Å². The Bertz CT molecular complexity index is 599. The quantitative estimate of drug-likeness (QED) is 0.745. The van der Waals surface area contributed by atoms with Crippen LogP contribution in [0.5, 0.6) is 0 Å². The molecule has 104 valence electrons. The lowest BCUT2D eigenvalue weighted by molar-refractivity contribution is -0.123. The molecule has 4 atom stereocenters. The highest BCUT2D eigenvalue weighted by atomic mass is 35.5. The predicted molar refractivity (Wildman–Crippen MR) is 76.5 cm³/mol. The monoisotopic (exact) mass is 289 g/mol. The smallest absolute Gasteiger partial charge is 0.237 e. The molecule has 1 saturated heterocycles. The van der Waals surface area contributed by atoms with E-state index in [0.717, 1.165) is 24.8 Å². The summed E-state index contributed by atoms with van der Waals surface area (Å²) in [5.41, 5.74) is 1.48. The molecule has 3 aliphatic rings. The Hall–Kier alpha value is -1.35. The highest BCUT2D eigenvalue weighted by Gasteiger charge is 2.61. The SMILES string of the molecule is Cc1c(Cl)cccc1N1C(=O)[C@@H]2[C@H]3CC[C@@H](C3)[C@@H]2C1=O. The molecule has 1 aliphatic heterocycles. The molecule has 2 saturated carbocycles. The van der Waals surface area contributed by atoms with Crippen LogP contribution in [0.1, 0.15) is 24.8 Å². The van der Waals surface area contributed by atoms with Crippen molar-refractivity contribution >= 4 is 29.1 Å². The zero-order valence-corrected chi connectivity index (χ0v) is 12.1. The first-order valence-electron chi connectivity index (χ1n) is 7.22. The van der Waals surface area contributed by atoms with Crippen molar-refractivity contribution < 1.29 is 9.59 Å². The van der Waals surface area contributed by atoms with Gasteiger partial charge in [0, 0.05) is 5.02 Å². The van der Waals surface area contributed by atoms with E-state index >= 15 is 0 Å². The van der Waals surface area contributed by atoms with Gasteiger partial charge in [0.15, 0.2) is 0 Å². The molecular formula is C16H16ClNO2. The number of fused-ring (bicyclic) bond motifs is 5. The van der Waals surface area contributed by atoms with Crippen LogP contribution in [0.25, 0.3) is 0 Å². The maximum Gasteiger partial charge on any atom is 0.237 e. The summed E-state index contributed by atoms with van der Waals surface area (Å²) in [5.74, 6) is 0.700. The van der Waals surface area contributed by atoms with Crippen LogP contribution < -0.4 is 4.90 Å². The number of halogens is 1. The van der Waals surface area contributed by atoms with Gasteiger partial charge in [-0.05, 0) is 55.7 Å². The van der Waals surface area contributed by atoms with Gasteiger partial charge in [-0.2, -0.15) is 0 Å². The largest absolute Gasteiger partial charge is 0.274 e. The Balaban J connectivity index is 1.79. The van der Waals surface area contributed by atoms with Crippen LogP contribution in [0, 0.1) is 30.6 Å². The number of carbonyl (C=O) groups is 2. The normalized spacial score (nSPS) is 35.0. The van der Waals surface area contributed by atoms with Crippen molar-refractivity contribution in [3.05, 3.63) is 28.8 Å². The lowest BCUT2D eigenvalue weighted by atomic mass is 9.81. The second-order valence-electron chi connectivity index (χ2n) is 6.28. The Morgan fingerprint density at radius 3 is 2.30 bits per heavy atom. The molecule has 4 rings (SSSR count). The summed E-state index contributed by atoms with van der Waals surface area (Å²) in [4.78, 5) is 26.8. The average Bonchev–Trinajstić information content (AvgIpc) is 3.09. The van der Waals surface area contributed by atoms with Crippen LogP contribution in [-0.2, 0) is 9.59 Å². The Labute approximate surface area is 122 Å². The van der Waals surface area contributed by atoms with Crippen LogP contribution in [0.15, 0.2) is 18.2 Å². The number of nitrogens with zero attached hydrogens (tertiary/aromatic N) is 1. The highest BCUT2D eigenvalue weighted by molar-refractivity contribution is 6.32. The number of amides is 2. The van der Waals surface area contributed by atoms with E-state index in [1.165, 1.54) is 4.90 Å². The number of anilines is 1. The van der Waals surface area contributed by atoms with Gasteiger partial charge in [-0.3, -0.25) is 9.59 Å². The summed E-state index contributed by atoms with van der Waals surface area (Å²) in [6.45, 7) is 1.86. The molecule has 0 spiro atoms. The number of hydrogen-bond donors (Lipinski definition) is 0. The van der Waals surface area contributed by atoms with Gasteiger partial charge in [0.1, 0.15) is 0 Å². The number of rotatable bonds is 1. The molecule has 3 fully saturated rings. The van der Waals surface area contributed by atoms with Crippen molar-refractivity contribution in [1.82, 2.24) is 0 Å². The molecule has 2 bridgehead atoms. The predicted octanol–water partition coefficient (Wildman–Crippen LogP) is 3.18. The van der Waals surface area contributed by atoms with Crippen molar-refractivity contribution in [2.45, 2.75) is 26.2 Å². The van der Waals surface area contributed by atoms with Crippen LogP contribution in [0.3, 0.4) is 0 Å². The van der Waals surface area contributed by atoms with Crippen molar-refractivity contribution in [2.75, 3.05) is 4.90 Å². The van der Waals surface area contributed by atoms with Gasteiger partial charge in [-0.15, -0.1) is 0 Å². The fourth-order valence-corrected chi connectivity index (χ4v) is 4.65. The van der Waals surface area contributed by atoms with Crippen LogP contribution in [-0.4, -0.2) is 11.8 Å². The summed E-state index contributed by atoms with van der Waals surface area (Å²) < 4.78 is 0. The van der Waals surface area contributed by atoms with Gasteiger partial charge in [0.2, 0.25) is 11.8 Å². The molecule has 1 heterocycles. The third-order valence-corrected chi connectivity index (χ3v) is 5.82. The van der Waals surface area contributed by atoms with E-state index in [9.17, 15) is 9.59 Å². The van der Waals surface area contributed by atoms with Crippen molar-refractivity contribution in [3.63, 3.8) is 0 Å². The van der Waals surface area contributed by atoms with E-state index < -0.39 is 0 Å². The molecule has 2 aliphatic carbocycles. The maximum absolute atomic E-state index is 12.7. The lowest BCUT2D eigenvalue weighted by Gasteiger charge is -2.19. The van der Waals surface area contributed by atoms with E-state index in [0.29, 0.717) is 22.5 Å². The summed E-state index contributed by atoms with van der Waals surface area (Å²) >= 11 is 6.13.